The molecule has 7 nitrogen and oxygen atoms in total. The topological polar surface area (TPSA) is 125 Å². The second-order valence-corrected chi connectivity index (χ2v) is 5.99. The number of sulfonamides is 1. The molecular weight excluding hydrogens is 318 g/mol. The maximum absolute atomic E-state index is 12.0. The molecule has 1 aromatic carbocycles. The van der Waals surface area contributed by atoms with Crippen LogP contribution in [0.4, 0.5) is 0 Å². The van der Waals surface area contributed by atoms with Gasteiger partial charge in [-0.1, -0.05) is 0 Å². The molecule has 0 spiro atoms. The first kappa shape index (κ1) is 19.7. The highest BCUT2D eigenvalue weighted by atomic mass is 35.5. The van der Waals surface area contributed by atoms with Gasteiger partial charge < -0.3 is 15.8 Å². The number of carbonyl (C=O) groups is 1. The highest BCUT2D eigenvalue weighted by Crippen LogP contribution is 2.21. The van der Waals surface area contributed by atoms with Crippen molar-refractivity contribution in [2.45, 2.75) is 24.3 Å². The Morgan fingerprint density at radius 1 is 1.43 bits per heavy atom. The van der Waals surface area contributed by atoms with Crippen LogP contribution in [0.15, 0.2) is 23.1 Å². The molecule has 0 aliphatic heterocycles. The smallest absolute Gasteiger partial charge is 0.255 e. The van der Waals surface area contributed by atoms with Crippen LogP contribution in [-0.2, 0) is 10.0 Å². The number of nitrogens with one attached hydrogen (secondary N) is 1. The van der Waals surface area contributed by atoms with Crippen molar-refractivity contribution in [2.24, 2.45) is 10.9 Å². The molecule has 0 bridgehead atoms. The largest absolute Gasteiger partial charge is 0.496 e. The van der Waals surface area contributed by atoms with Crippen LogP contribution in [-0.4, -0.2) is 34.0 Å². The standard InChI is InChI=1S/C12H19N3O4S.ClH/c1-8(13)5-6-15-12(16)10-7-9(20(14,17)18)3-4-11(10)19-2;/h3-4,7-8H,5-6,13H2,1-2H3,(H,15,16)(H2,14,17,18);1H. The third-order valence-electron chi connectivity index (χ3n) is 2.63. The van der Waals surface area contributed by atoms with Crippen LogP contribution in [0.5, 0.6) is 5.75 Å². The maximum atomic E-state index is 12.0. The van der Waals surface area contributed by atoms with Gasteiger partial charge in [0.25, 0.3) is 5.91 Å². The number of ether oxygens (including phenoxy) is 1. The summed E-state index contributed by atoms with van der Waals surface area (Å²) >= 11 is 0. The van der Waals surface area contributed by atoms with Crippen LogP contribution in [0.25, 0.3) is 0 Å². The molecule has 0 radical (unpaired) electrons. The summed E-state index contributed by atoms with van der Waals surface area (Å²) in [4.78, 5) is 11.9. The van der Waals surface area contributed by atoms with Crippen LogP contribution in [0.2, 0.25) is 0 Å². The lowest BCUT2D eigenvalue weighted by Gasteiger charge is -2.11. The molecule has 1 unspecified atom stereocenters. The molecule has 0 aliphatic rings. The molecule has 1 amide bonds. The predicted octanol–water partition coefficient (Wildman–Crippen LogP) is 0.232. The fourth-order valence-corrected chi connectivity index (χ4v) is 2.09. The van der Waals surface area contributed by atoms with Crippen LogP contribution >= 0.6 is 12.4 Å². The number of hydrogen-bond donors (Lipinski definition) is 3. The molecule has 1 aromatic rings. The van der Waals surface area contributed by atoms with Crippen molar-refractivity contribution in [3.63, 3.8) is 0 Å². The number of primary sulfonamides is 1. The van der Waals surface area contributed by atoms with E-state index in [4.69, 9.17) is 15.6 Å². The Labute approximate surface area is 130 Å². The van der Waals surface area contributed by atoms with Crippen molar-refractivity contribution in [2.75, 3.05) is 13.7 Å². The summed E-state index contributed by atoms with van der Waals surface area (Å²) in [5.41, 5.74) is 5.70. The fourth-order valence-electron chi connectivity index (χ4n) is 1.55. The predicted molar refractivity (Wildman–Crippen MR) is 82.2 cm³/mol. The Bertz CT molecular complexity index is 590. The van der Waals surface area contributed by atoms with E-state index >= 15 is 0 Å². The molecule has 1 atom stereocenters. The summed E-state index contributed by atoms with van der Waals surface area (Å²) in [7, 11) is -2.48. The molecule has 0 aromatic heterocycles. The summed E-state index contributed by atoms with van der Waals surface area (Å²) in [6.45, 7) is 2.22. The molecule has 0 saturated carbocycles. The quantitative estimate of drug-likeness (QED) is 0.685. The molecule has 0 fully saturated rings. The van der Waals surface area contributed by atoms with E-state index in [9.17, 15) is 13.2 Å². The molecule has 0 saturated heterocycles. The summed E-state index contributed by atoms with van der Waals surface area (Å²) in [5.74, 6) is -0.163. The minimum atomic E-state index is -3.87. The van der Waals surface area contributed by atoms with E-state index in [2.05, 4.69) is 5.32 Å². The van der Waals surface area contributed by atoms with Crippen molar-refractivity contribution in [1.29, 1.82) is 0 Å². The highest BCUT2D eigenvalue weighted by Gasteiger charge is 2.17. The lowest BCUT2D eigenvalue weighted by molar-refractivity contribution is 0.0949. The Balaban J connectivity index is 0.00000400. The lowest BCUT2D eigenvalue weighted by Crippen LogP contribution is -2.29. The SMILES string of the molecule is COc1ccc(S(N)(=O)=O)cc1C(=O)NCCC(C)N.Cl. The minimum absolute atomic E-state index is 0. The van der Waals surface area contributed by atoms with Crippen molar-refractivity contribution < 1.29 is 17.9 Å². The molecule has 120 valence electrons. The zero-order valence-electron chi connectivity index (χ0n) is 11.8. The van der Waals surface area contributed by atoms with Gasteiger partial charge in [-0.2, -0.15) is 0 Å². The molecule has 0 aliphatic carbocycles. The van der Waals surface area contributed by atoms with Gasteiger partial charge >= 0.3 is 0 Å². The number of halogens is 1. The number of nitrogens with two attached hydrogens (primary N) is 2. The molecular formula is C12H20ClN3O4S. The van der Waals surface area contributed by atoms with E-state index < -0.39 is 15.9 Å². The highest BCUT2D eigenvalue weighted by molar-refractivity contribution is 7.89. The van der Waals surface area contributed by atoms with Gasteiger partial charge in [-0.05, 0) is 31.5 Å². The molecule has 5 N–H and O–H groups in total. The first-order valence-corrected chi connectivity index (χ1v) is 7.55. The molecule has 21 heavy (non-hydrogen) atoms. The van der Waals surface area contributed by atoms with Gasteiger partial charge in [-0.25, -0.2) is 13.6 Å². The van der Waals surface area contributed by atoms with Crippen LogP contribution in [0.1, 0.15) is 23.7 Å². The van der Waals surface area contributed by atoms with Gasteiger partial charge in [0.15, 0.2) is 0 Å². The second kappa shape index (κ2) is 8.18. The fraction of sp³-hybridized carbons (Fsp3) is 0.417. The van der Waals surface area contributed by atoms with Crippen molar-refractivity contribution >= 4 is 28.3 Å². The van der Waals surface area contributed by atoms with Crippen LogP contribution in [0, 0.1) is 0 Å². The van der Waals surface area contributed by atoms with E-state index in [1.54, 1.807) is 0 Å². The summed E-state index contributed by atoms with van der Waals surface area (Å²) in [6, 6.07) is 3.83. The first-order chi connectivity index (χ1) is 9.25. The Kier molecular flexibility index (Phi) is 7.65. The van der Waals surface area contributed by atoms with E-state index in [0.717, 1.165) is 0 Å². The summed E-state index contributed by atoms with van der Waals surface area (Å²) < 4.78 is 27.6. The maximum Gasteiger partial charge on any atom is 0.255 e. The lowest BCUT2D eigenvalue weighted by atomic mass is 10.2. The number of amides is 1. The average molecular weight is 338 g/mol. The normalized spacial score (nSPS) is 12.2. The van der Waals surface area contributed by atoms with Gasteiger partial charge in [0, 0.05) is 12.6 Å². The summed E-state index contributed by atoms with van der Waals surface area (Å²) in [6.07, 6.45) is 0.614. The monoisotopic (exact) mass is 337 g/mol. The van der Waals surface area contributed by atoms with E-state index in [1.165, 1.54) is 25.3 Å². The number of benzene rings is 1. The third kappa shape index (κ3) is 5.88. The second-order valence-electron chi connectivity index (χ2n) is 4.43. The molecule has 9 heteroatoms. The van der Waals surface area contributed by atoms with Gasteiger partial charge in [0.1, 0.15) is 5.75 Å². The Morgan fingerprint density at radius 3 is 2.52 bits per heavy atom. The molecule has 0 heterocycles. The van der Waals surface area contributed by atoms with Gasteiger partial charge in [-0.3, -0.25) is 4.79 Å². The zero-order chi connectivity index (χ0) is 15.3. The average Bonchev–Trinajstić information content (AvgIpc) is 2.36. The van der Waals surface area contributed by atoms with Crippen LogP contribution < -0.4 is 20.9 Å². The van der Waals surface area contributed by atoms with E-state index in [-0.39, 0.29) is 34.7 Å². The number of carbonyl (C=O) groups excluding carboxylic acids is 1. The third-order valence-corrected chi connectivity index (χ3v) is 3.54. The van der Waals surface area contributed by atoms with Gasteiger partial charge in [0.05, 0.1) is 17.6 Å². The Morgan fingerprint density at radius 2 is 2.05 bits per heavy atom. The van der Waals surface area contributed by atoms with Gasteiger partial charge in [-0.15, -0.1) is 12.4 Å². The summed E-state index contributed by atoms with van der Waals surface area (Å²) in [5, 5.41) is 7.69. The zero-order valence-corrected chi connectivity index (χ0v) is 13.5. The van der Waals surface area contributed by atoms with Crippen LogP contribution in [0.3, 0.4) is 0 Å². The first-order valence-electron chi connectivity index (χ1n) is 6.00. The van der Waals surface area contributed by atoms with E-state index in [0.29, 0.717) is 13.0 Å². The Hall–Kier alpha value is -1.35. The van der Waals surface area contributed by atoms with Crippen molar-refractivity contribution in [3.8, 4) is 5.75 Å². The van der Waals surface area contributed by atoms with Gasteiger partial charge in [0.2, 0.25) is 10.0 Å². The van der Waals surface area contributed by atoms with Crippen molar-refractivity contribution in [1.82, 2.24) is 5.32 Å². The minimum Gasteiger partial charge on any atom is -0.496 e. The number of rotatable bonds is 6. The van der Waals surface area contributed by atoms with Crippen molar-refractivity contribution in [3.05, 3.63) is 23.8 Å². The molecule has 1 rings (SSSR count). The number of methoxy groups -OCH3 is 1. The van der Waals surface area contributed by atoms with E-state index in [1.807, 2.05) is 6.92 Å². The number of hydrogen-bond acceptors (Lipinski definition) is 5.